The van der Waals surface area contributed by atoms with E-state index in [1.807, 2.05) is 0 Å². The number of hydrogen-bond donors (Lipinski definition) is 2. The van der Waals surface area contributed by atoms with Crippen LogP contribution >= 0.6 is 15.9 Å². The summed E-state index contributed by atoms with van der Waals surface area (Å²) in [6, 6.07) is 2.51. The Bertz CT molecular complexity index is 669. The molecule has 5 nitrogen and oxygen atoms in total. The van der Waals surface area contributed by atoms with Crippen LogP contribution in [0.25, 0.3) is 5.69 Å². The molecule has 0 aliphatic heterocycles. The van der Waals surface area contributed by atoms with Gasteiger partial charge in [-0.2, -0.15) is 13.2 Å². The highest BCUT2D eigenvalue weighted by molar-refractivity contribution is 9.10. The molecule has 0 spiro atoms. The summed E-state index contributed by atoms with van der Waals surface area (Å²) in [5, 5.41) is 4.80. The Labute approximate surface area is 126 Å². The summed E-state index contributed by atoms with van der Waals surface area (Å²) in [5.41, 5.74) is -0.427. The number of carbonyl (C=O) groups is 1. The van der Waals surface area contributed by atoms with Crippen molar-refractivity contribution in [3.8, 4) is 5.69 Å². The maximum absolute atomic E-state index is 12.8. The average Bonchev–Trinajstić information content (AvgIpc) is 2.84. The number of benzene rings is 1. The lowest BCUT2D eigenvalue weighted by atomic mass is 10.1. The molecule has 0 atom stereocenters. The van der Waals surface area contributed by atoms with Gasteiger partial charge in [-0.05, 0) is 34.1 Å². The van der Waals surface area contributed by atoms with Crippen molar-refractivity contribution in [3.63, 3.8) is 0 Å². The standard InChI is InChI=1S/C12H10BrF3N4O/c1-17-11(21)19-8-3-2-7(12(14,15)16)4-9(8)20-5-10(13)18-6-20/h2-6H,1H3,(H2,17,19,21). The van der Waals surface area contributed by atoms with Crippen molar-refractivity contribution in [2.45, 2.75) is 6.18 Å². The number of anilines is 1. The summed E-state index contributed by atoms with van der Waals surface area (Å²) in [7, 11) is 1.41. The fourth-order valence-electron chi connectivity index (χ4n) is 1.64. The van der Waals surface area contributed by atoms with E-state index in [2.05, 4.69) is 31.5 Å². The maximum Gasteiger partial charge on any atom is 0.416 e. The van der Waals surface area contributed by atoms with Crippen LogP contribution in [0.15, 0.2) is 35.3 Å². The van der Waals surface area contributed by atoms with Crippen LogP contribution in [0.3, 0.4) is 0 Å². The second-order valence-corrected chi connectivity index (χ2v) is 4.85. The zero-order chi connectivity index (χ0) is 15.6. The molecule has 0 fully saturated rings. The number of aromatic nitrogens is 2. The summed E-state index contributed by atoms with van der Waals surface area (Å²) >= 11 is 3.12. The number of carbonyl (C=O) groups excluding carboxylic acids is 1. The van der Waals surface area contributed by atoms with Crippen molar-refractivity contribution < 1.29 is 18.0 Å². The molecular weight excluding hydrogens is 353 g/mol. The van der Waals surface area contributed by atoms with E-state index in [0.29, 0.717) is 4.60 Å². The number of nitrogens with one attached hydrogen (secondary N) is 2. The van der Waals surface area contributed by atoms with Gasteiger partial charge in [-0.3, -0.25) is 0 Å². The van der Waals surface area contributed by atoms with Gasteiger partial charge in [-0.15, -0.1) is 0 Å². The van der Waals surface area contributed by atoms with Crippen molar-refractivity contribution in [2.75, 3.05) is 12.4 Å². The number of amides is 2. The van der Waals surface area contributed by atoms with Crippen LogP contribution in [0.4, 0.5) is 23.7 Å². The lowest BCUT2D eigenvalue weighted by Gasteiger charge is -2.14. The van der Waals surface area contributed by atoms with Gasteiger partial charge >= 0.3 is 12.2 Å². The van der Waals surface area contributed by atoms with Gasteiger partial charge in [0.15, 0.2) is 0 Å². The lowest BCUT2D eigenvalue weighted by Crippen LogP contribution is -2.25. The van der Waals surface area contributed by atoms with Crippen molar-refractivity contribution >= 4 is 27.6 Å². The first-order valence-electron chi connectivity index (χ1n) is 5.71. The minimum atomic E-state index is -4.47. The number of imidazole rings is 1. The Morgan fingerprint density at radius 1 is 1.38 bits per heavy atom. The van der Waals surface area contributed by atoms with Gasteiger partial charge in [0, 0.05) is 13.2 Å². The molecule has 1 heterocycles. The van der Waals surface area contributed by atoms with Crippen LogP contribution in [0, 0.1) is 0 Å². The number of urea groups is 1. The summed E-state index contributed by atoms with van der Waals surface area (Å²) in [6.07, 6.45) is -1.64. The normalized spacial score (nSPS) is 11.3. The predicted octanol–water partition coefficient (Wildman–Crippen LogP) is 3.40. The molecule has 2 amide bonds. The highest BCUT2D eigenvalue weighted by Crippen LogP contribution is 2.33. The van der Waals surface area contributed by atoms with Crippen LogP contribution in [-0.4, -0.2) is 22.6 Å². The second kappa shape index (κ2) is 5.76. The Morgan fingerprint density at radius 3 is 2.62 bits per heavy atom. The molecule has 2 aromatic rings. The third kappa shape index (κ3) is 3.54. The van der Waals surface area contributed by atoms with Crippen LogP contribution in [0.2, 0.25) is 0 Å². The molecule has 0 saturated heterocycles. The molecule has 2 rings (SSSR count). The van der Waals surface area contributed by atoms with Gasteiger partial charge in [-0.25, -0.2) is 9.78 Å². The smallest absolute Gasteiger partial charge is 0.341 e. The number of nitrogens with zero attached hydrogens (tertiary/aromatic N) is 2. The van der Waals surface area contributed by atoms with E-state index in [0.717, 1.165) is 12.1 Å². The number of alkyl halides is 3. The van der Waals surface area contributed by atoms with Crippen LogP contribution < -0.4 is 10.6 Å². The fourth-order valence-corrected chi connectivity index (χ4v) is 1.95. The molecule has 0 saturated carbocycles. The molecule has 0 aliphatic carbocycles. The van der Waals surface area contributed by atoms with Gasteiger partial charge < -0.3 is 15.2 Å². The first kappa shape index (κ1) is 15.4. The van der Waals surface area contributed by atoms with E-state index in [1.54, 1.807) is 0 Å². The zero-order valence-corrected chi connectivity index (χ0v) is 12.3. The van der Waals surface area contributed by atoms with E-state index in [4.69, 9.17) is 0 Å². The average molecular weight is 363 g/mol. The Hall–Kier alpha value is -2.03. The quantitative estimate of drug-likeness (QED) is 0.859. The summed E-state index contributed by atoms with van der Waals surface area (Å²) in [6.45, 7) is 0. The SMILES string of the molecule is CNC(=O)Nc1ccc(C(F)(F)F)cc1-n1cnc(Br)c1. The zero-order valence-electron chi connectivity index (χ0n) is 10.7. The molecule has 1 aromatic carbocycles. The minimum Gasteiger partial charge on any atom is -0.341 e. The lowest BCUT2D eigenvalue weighted by molar-refractivity contribution is -0.137. The first-order chi connectivity index (χ1) is 9.81. The fraction of sp³-hybridized carbons (Fsp3) is 0.167. The van der Waals surface area contributed by atoms with Gasteiger partial charge in [0.2, 0.25) is 0 Å². The monoisotopic (exact) mass is 362 g/mol. The molecule has 112 valence electrons. The molecule has 0 bridgehead atoms. The Kier molecular flexibility index (Phi) is 4.21. The second-order valence-electron chi connectivity index (χ2n) is 4.04. The third-order valence-corrected chi connectivity index (χ3v) is 3.04. The summed E-state index contributed by atoms with van der Waals surface area (Å²) in [4.78, 5) is 15.3. The molecule has 0 aliphatic rings. The molecule has 21 heavy (non-hydrogen) atoms. The van der Waals surface area contributed by atoms with E-state index < -0.39 is 17.8 Å². The van der Waals surface area contributed by atoms with Crippen LogP contribution in [-0.2, 0) is 6.18 Å². The third-order valence-electron chi connectivity index (χ3n) is 2.63. The molecule has 9 heteroatoms. The van der Waals surface area contributed by atoms with Gasteiger partial charge in [-0.1, -0.05) is 0 Å². The molecule has 2 N–H and O–H groups in total. The minimum absolute atomic E-state index is 0.159. The van der Waals surface area contributed by atoms with Gasteiger partial charge in [0.25, 0.3) is 0 Å². The number of rotatable bonds is 2. The van der Waals surface area contributed by atoms with Crippen molar-refractivity contribution in [2.24, 2.45) is 0 Å². The highest BCUT2D eigenvalue weighted by atomic mass is 79.9. The summed E-state index contributed by atoms with van der Waals surface area (Å²) in [5.74, 6) is 0. The number of halogens is 4. The van der Waals surface area contributed by atoms with Crippen LogP contribution in [0.1, 0.15) is 5.56 Å². The van der Waals surface area contributed by atoms with E-state index >= 15 is 0 Å². The Balaban J connectivity index is 2.52. The summed E-state index contributed by atoms with van der Waals surface area (Å²) < 4.78 is 40.3. The largest absolute Gasteiger partial charge is 0.416 e. The molecule has 0 radical (unpaired) electrons. The van der Waals surface area contributed by atoms with Crippen molar-refractivity contribution in [1.82, 2.24) is 14.9 Å². The predicted molar refractivity (Wildman–Crippen MR) is 74.3 cm³/mol. The van der Waals surface area contributed by atoms with Crippen LogP contribution in [0.5, 0.6) is 0 Å². The van der Waals surface area contributed by atoms with Gasteiger partial charge in [0.05, 0.1) is 16.9 Å². The van der Waals surface area contributed by atoms with Crippen molar-refractivity contribution in [3.05, 3.63) is 40.9 Å². The van der Waals surface area contributed by atoms with Crippen molar-refractivity contribution in [1.29, 1.82) is 0 Å². The topological polar surface area (TPSA) is 59.0 Å². The van der Waals surface area contributed by atoms with E-state index in [9.17, 15) is 18.0 Å². The Morgan fingerprint density at radius 2 is 2.10 bits per heavy atom. The van der Waals surface area contributed by atoms with E-state index in [-0.39, 0.29) is 11.4 Å². The van der Waals surface area contributed by atoms with E-state index in [1.165, 1.54) is 30.2 Å². The van der Waals surface area contributed by atoms with Gasteiger partial charge in [0.1, 0.15) is 10.9 Å². The molecule has 1 aromatic heterocycles. The number of hydrogen-bond acceptors (Lipinski definition) is 2. The highest BCUT2D eigenvalue weighted by Gasteiger charge is 2.31. The molecule has 0 unspecified atom stereocenters. The maximum atomic E-state index is 12.8. The first-order valence-corrected chi connectivity index (χ1v) is 6.50. The molecular formula is C12H10BrF3N4O.